The fourth-order valence-corrected chi connectivity index (χ4v) is 1.93. The zero-order valence-corrected chi connectivity index (χ0v) is 10.2. The molecule has 4 nitrogen and oxygen atoms in total. The number of hydrogen-bond donors (Lipinski definition) is 2. The third kappa shape index (κ3) is 4.34. The fourth-order valence-electron chi connectivity index (χ4n) is 1.18. The standard InChI is InChI=1S/C9H12ClFN2O2S/c1-16(14,15)12-5-4-7-2-3-8(13-11)6-9(7)10/h2-3,6,12-13H,4-5H2,1H3. The Morgan fingerprint density at radius 1 is 1.44 bits per heavy atom. The largest absolute Gasteiger partial charge is 0.225 e. The Labute approximate surface area is 98.8 Å². The maximum atomic E-state index is 12.0. The fraction of sp³-hybridized carbons (Fsp3) is 0.333. The first-order valence-electron chi connectivity index (χ1n) is 4.52. The predicted octanol–water partition coefficient (Wildman–Crippen LogP) is 1.73. The summed E-state index contributed by atoms with van der Waals surface area (Å²) >= 11 is 5.87. The highest BCUT2D eigenvalue weighted by Gasteiger charge is 2.04. The van der Waals surface area contributed by atoms with Crippen molar-refractivity contribution in [2.75, 3.05) is 18.3 Å². The van der Waals surface area contributed by atoms with Gasteiger partial charge in [0.1, 0.15) is 0 Å². The van der Waals surface area contributed by atoms with Crippen molar-refractivity contribution in [3.63, 3.8) is 0 Å². The first-order valence-corrected chi connectivity index (χ1v) is 6.79. The molecule has 0 saturated heterocycles. The van der Waals surface area contributed by atoms with Crippen molar-refractivity contribution in [3.05, 3.63) is 28.8 Å². The molecule has 0 atom stereocenters. The SMILES string of the molecule is CS(=O)(=O)NCCc1ccc(NF)cc1Cl. The first-order chi connectivity index (χ1) is 7.42. The Morgan fingerprint density at radius 3 is 2.62 bits per heavy atom. The number of sulfonamides is 1. The van der Waals surface area contributed by atoms with Crippen LogP contribution in [0.2, 0.25) is 5.02 Å². The van der Waals surface area contributed by atoms with Crippen molar-refractivity contribution < 1.29 is 12.9 Å². The summed E-state index contributed by atoms with van der Waals surface area (Å²) < 4.78 is 36.0. The van der Waals surface area contributed by atoms with Crippen LogP contribution in [0.5, 0.6) is 0 Å². The lowest BCUT2D eigenvalue weighted by Crippen LogP contribution is -2.24. The number of hydrogen-bond acceptors (Lipinski definition) is 3. The van der Waals surface area contributed by atoms with Gasteiger partial charge < -0.3 is 0 Å². The second-order valence-electron chi connectivity index (χ2n) is 3.32. The van der Waals surface area contributed by atoms with Gasteiger partial charge in [0.25, 0.3) is 0 Å². The Kier molecular flexibility index (Phi) is 4.52. The van der Waals surface area contributed by atoms with Crippen molar-refractivity contribution in [1.29, 1.82) is 0 Å². The van der Waals surface area contributed by atoms with Crippen LogP contribution in [0.25, 0.3) is 0 Å². The van der Waals surface area contributed by atoms with Gasteiger partial charge >= 0.3 is 0 Å². The van der Waals surface area contributed by atoms with Crippen molar-refractivity contribution in [1.82, 2.24) is 4.72 Å². The maximum absolute atomic E-state index is 12.0. The van der Waals surface area contributed by atoms with E-state index in [1.54, 1.807) is 6.07 Å². The van der Waals surface area contributed by atoms with Crippen LogP contribution in [0.1, 0.15) is 5.56 Å². The molecule has 1 rings (SSSR count). The summed E-state index contributed by atoms with van der Waals surface area (Å²) in [4.78, 5) is 0. The lowest BCUT2D eigenvalue weighted by molar-refractivity contribution is 0.588. The van der Waals surface area contributed by atoms with Gasteiger partial charge in [0.15, 0.2) is 0 Å². The molecule has 0 aliphatic carbocycles. The average Bonchev–Trinajstić information content (AvgIpc) is 2.18. The Hall–Kier alpha value is -0.850. The van der Waals surface area contributed by atoms with E-state index in [0.717, 1.165) is 11.8 Å². The van der Waals surface area contributed by atoms with E-state index in [-0.39, 0.29) is 12.2 Å². The second-order valence-corrected chi connectivity index (χ2v) is 5.56. The molecule has 7 heteroatoms. The Bertz CT molecular complexity index is 465. The van der Waals surface area contributed by atoms with Gasteiger partial charge in [-0.3, -0.25) is 0 Å². The minimum Gasteiger partial charge on any atom is -0.225 e. The molecular formula is C9H12ClFN2O2S. The predicted molar refractivity (Wildman–Crippen MR) is 62.7 cm³/mol. The van der Waals surface area contributed by atoms with E-state index in [1.807, 2.05) is 0 Å². The van der Waals surface area contributed by atoms with Crippen molar-refractivity contribution >= 4 is 27.3 Å². The molecule has 2 N–H and O–H groups in total. The lowest BCUT2D eigenvalue weighted by atomic mass is 10.1. The summed E-state index contributed by atoms with van der Waals surface area (Å²) in [7, 11) is -3.19. The van der Waals surface area contributed by atoms with E-state index in [0.29, 0.717) is 11.4 Å². The van der Waals surface area contributed by atoms with Crippen LogP contribution < -0.4 is 10.3 Å². The zero-order chi connectivity index (χ0) is 12.2. The van der Waals surface area contributed by atoms with Crippen LogP contribution in [0.4, 0.5) is 10.2 Å². The zero-order valence-electron chi connectivity index (χ0n) is 8.63. The van der Waals surface area contributed by atoms with Gasteiger partial charge in [-0.1, -0.05) is 17.7 Å². The maximum Gasteiger partial charge on any atom is 0.208 e. The van der Waals surface area contributed by atoms with Crippen LogP contribution >= 0.6 is 11.6 Å². The molecule has 0 heterocycles. The quantitative estimate of drug-likeness (QED) is 0.798. The number of halogens is 2. The summed E-state index contributed by atoms with van der Waals surface area (Å²) in [5.41, 5.74) is 2.51. The molecule has 1 aromatic carbocycles. The molecule has 0 spiro atoms. The minimum atomic E-state index is -3.19. The molecule has 0 radical (unpaired) electrons. The number of nitrogens with one attached hydrogen (secondary N) is 2. The molecule has 0 amide bonds. The highest BCUT2D eigenvalue weighted by atomic mass is 35.5. The third-order valence-electron chi connectivity index (χ3n) is 1.92. The molecule has 0 aliphatic rings. The molecule has 0 bridgehead atoms. The van der Waals surface area contributed by atoms with Gasteiger partial charge in [-0.15, -0.1) is 4.48 Å². The van der Waals surface area contributed by atoms with E-state index >= 15 is 0 Å². The average molecular weight is 267 g/mol. The number of anilines is 1. The molecule has 16 heavy (non-hydrogen) atoms. The molecule has 90 valence electrons. The molecule has 0 fully saturated rings. The van der Waals surface area contributed by atoms with Crippen molar-refractivity contribution in [2.45, 2.75) is 6.42 Å². The summed E-state index contributed by atoms with van der Waals surface area (Å²) in [5.74, 6) is 0. The lowest BCUT2D eigenvalue weighted by Gasteiger charge is -2.06. The van der Waals surface area contributed by atoms with Gasteiger partial charge in [0.05, 0.1) is 11.9 Å². The molecule has 0 aromatic heterocycles. The van der Waals surface area contributed by atoms with Gasteiger partial charge in [0.2, 0.25) is 10.0 Å². The van der Waals surface area contributed by atoms with E-state index in [1.165, 1.54) is 17.7 Å². The Balaban J connectivity index is 2.61. The molecule has 0 saturated carbocycles. The smallest absolute Gasteiger partial charge is 0.208 e. The highest BCUT2D eigenvalue weighted by molar-refractivity contribution is 7.88. The topological polar surface area (TPSA) is 58.2 Å². The van der Waals surface area contributed by atoms with Crippen LogP contribution in [0.3, 0.4) is 0 Å². The number of rotatable bonds is 5. The van der Waals surface area contributed by atoms with Crippen LogP contribution in [0.15, 0.2) is 18.2 Å². The van der Waals surface area contributed by atoms with E-state index < -0.39 is 10.0 Å². The summed E-state index contributed by atoms with van der Waals surface area (Å²) in [6.07, 6.45) is 1.54. The molecular weight excluding hydrogens is 255 g/mol. The van der Waals surface area contributed by atoms with Crippen molar-refractivity contribution in [2.24, 2.45) is 0 Å². The van der Waals surface area contributed by atoms with Gasteiger partial charge in [-0.25, -0.2) is 18.7 Å². The molecule has 1 aromatic rings. The second kappa shape index (κ2) is 5.47. The summed E-state index contributed by atoms with van der Waals surface area (Å²) in [5, 5.41) is 0.401. The minimum absolute atomic E-state index is 0.265. The van der Waals surface area contributed by atoms with E-state index in [4.69, 9.17) is 11.6 Å². The van der Waals surface area contributed by atoms with Crippen LogP contribution in [-0.4, -0.2) is 21.2 Å². The first kappa shape index (κ1) is 13.2. The van der Waals surface area contributed by atoms with E-state index in [9.17, 15) is 12.9 Å². The number of benzene rings is 1. The normalized spacial score (nSPS) is 11.4. The monoisotopic (exact) mass is 266 g/mol. The van der Waals surface area contributed by atoms with Crippen LogP contribution in [-0.2, 0) is 16.4 Å². The molecule has 0 aliphatic heterocycles. The van der Waals surface area contributed by atoms with Crippen molar-refractivity contribution in [3.8, 4) is 0 Å². The van der Waals surface area contributed by atoms with Gasteiger partial charge in [0, 0.05) is 11.6 Å². The summed E-state index contributed by atoms with van der Waals surface area (Å²) in [6, 6.07) is 4.62. The molecule has 0 unspecified atom stereocenters. The highest BCUT2D eigenvalue weighted by Crippen LogP contribution is 2.21. The third-order valence-corrected chi connectivity index (χ3v) is 3.00. The van der Waals surface area contributed by atoms with E-state index in [2.05, 4.69) is 4.72 Å². The van der Waals surface area contributed by atoms with Crippen LogP contribution in [0, 0.1) is 0 Å². The Morgan fingerprint density at radius 2 is 2.12 bits per heavy atom. The summed E-state index contributed by atoms with van der Waals surface area (Å²) in [6.45, 7) is 0.265. The van der Waals surface area contributed by atoms with Gasteiger partial charge in [-0.05, 0) is 24.1 Å². The van der Waals surface area contributed by atoms with Gasteiger partial charge in [-0.2, -0.15) is 0 Å².